The third-order valence-electron chi connectivity index (χ3n) is 1.02. The largest absolute Gasteiger partial charge is 0.375 e. The Labute approximate surface area is 68.6 Å². The summed E-state index contributed by atoms with van der Waals surface area (Å²) in [4.78, 5) is 3.58. The second-order valence-corrected chi connectivity index (χ2v) is 2.09. The number of aliphatic imine (C=N–C) groups is 1. The zero-order valence-corrected chi connectivity index (χ0v) is 6.36. The molecule has 0 fully saturated rings. The van der Waals surface area contributed by atoms with Crippen LogP contribution >= 0.6 is 11.6 Å². The molecule has 0 saturated carbocycles. The second kappa shape index (κ2) is 4.00. The molecule has 0 unspecified atom stereocenters. The number of aromatic nitrogens is 2. The molecule has 0 aliphatic heterocycles. The molecule has 0 aliphatic rings. The molecule has 5 heteroatoms. The Morgan fingerprint density at radius 2 is 2.55 bits per heavy atom. The number of hydrogen-bond donors (Lipinski definition) is 1. The summed E-state index contributed by atoms with van der Waals surface area (Å²) in [6.45, 7) is -0.251. The van der Waals surface area contributed by atoms with Gasteiger partial charge in [-0.2, -0.15) is 5.10 Å². The maximum Gasteiger partial charge on any atom is 0.160 e. The second-order valence-electron chi connectivity index (χ2n) is 1.73. The van der Waals surface area contributed by atoms with E-state index >= 15 is 0 Å². The Morgan fingerprint density at radius 1 is 1.73 bits per heavy atom. The minimum Gasteiger partial charge on any atom is -0.375 e. The molecule has 1 aromatic heterocycles. The number of halogens is 1. The van der Waals surface area contributed by atoms with Crippen molar-refractivity contribution < 1.29 is 5.11 Å². The van der Waals surface area contributed by atoms with Crippen LogP contribution in [0.5, 0.6) is 0 Å². The van der Waals surface area contributed by atoms with Crippen LogP contribution < -0.4 is 0 Å². The predicted molar refractivity (Wildman–Crippen MR) is 41.7 cm³/mol. The molecule has 1 N–H and O–H groups in total. The van der Waals surface area contributed by atoms with Crippen LogP contribution in [0.3, 0.4) is 0 Å². The summed E-state index contributed by atoms with van der Waals surface area (Å²) in [6.07, 6.45) is 2.95. The van der Waals surface area contributed by atoms with Crippen molar-refractivity contribution in [1.29, 1.82) is 0 Å². The third kappa shape index (κ3) is 2.25. The first-order valence-corrected chi connectivity index (χ1v) is 3.30. The summed E-state index contributed by atoms with van der Waals surface area (Å²) < 4.78 is 0. The van der Waals surface area contributed by atoms with Crippen molar-refractivity contribution in [1.82, 2.24) is 10.2 Å². The Bertz CT molecular complexity index is 264. The summed E-state index contributed by atoms with van der Waals surface area (Å²) >= 11 is 5.61. The van der Waals surface area contributed by atoms with Gasteiger partial charge in [0.25, 0.3) is 0 Å². The Hall–Kier alpha value is -1.00. The van der Waals surface area contributed by atoms with Gasteiger partial charge in [-0.15, -0.1) is 5.10 Å². The topological polar surface area (TPSA) is 58.4 Å². The molecule has 0 atom stereocenters. The summed E-state index contributed by atoms with van der Waals surface area (Å²) in [5, 5.41) is 15.7. The molecule has 0 radical (unpaired) electrons. The van der Waals surface area contributed by atoms with E-state index in [4.69, 9.17) is 16.7 Å². The smallest absolute Gasteiger partial charge is 0.160 e. The molecule has 1 aromatic rings. The van der Waals surface area contributed by atoms with Crippen LogP contribution in [0.2, 0.25) is 5.15 Å². The van der Waals surface area contributed by atoms with Crippen molar-refractivity contribution in [2.45, 2.75) is 0 Å². The summed E-state index contributed by atoms with van der Waals surface area (Å²) in [5.41, 5.74) is 0.649. The van der Waals surface area contributed by atoms with Gasteiger partial charge in [0, 0.05) is 11.8 Å². The highest BCUT2D eigenvalue weighted by Gasteiger charge is 1.95. The molecule has 4 nitrogen and oxygen atoms in total. The fourth-order valence-corrected chi connectivity index (χ4v) is 0.715. The van der Waals surface area contributed by atoms with E-state index in [1.54, 1.807) is 6.07 Å². The summed E-state index contributed by atoms with van der Waals surface area (Å²) in [6, 6.07) is 1.66. The fraction of sp³-hybridized carbons (Fsp3) is 0.167. The van der Waals surface area contributed by atoms with Crippen LogP contribution in [0.15, 0.2) is 17.3 Å². The van der Waals surface area contributed by atoms with Gasteiger partial charge in [-0.1, -0.05) is 11.6 Å². The maximum atomic E-state index is 8.34. The van der Waals surface area contributed by atoms with Crippen LogP contribution in [0.4, 0.5) is 0 Å². The van der Waals surface area contributed by atoms with Crippen molar-refractivity contribution >= 4 is 17.8 Å². The molecular weight excluding hydrogens is 166 g/mol. The van der Waals surface area contributed by atoms with Gasteiger partial charge in [0.1, 0.15) is 6.73 Å². The lowest BCUT2D eigenvalue weighted by atomic mass is 10.3. The number of hydrogen-bond acceptors (Lipinski definition) is 4. The van der Waals surface area contributed by atoms with Gasteiger partial charge in [-0.3, -0.25) is 4.99 Å². The minimum atomic E-state index is -0.251. The molecule has 0 aliphatic carbocycles. The van der Waals surface area contributed by atoms with Crippen LogP contribution in [-0.4, -0.2) is 28.2 Å². The van der Waals surface area contributed by atoms with Crippen molar-refractivity contribution in [3.8, 4) is 0 Å². The maximum absolute atomic E-state index is 8.34. The Kier molecular flexibility index (Phi) is 2.95. The van der Waals surface area contributed by atoms with E-state index in [2.05, 4.69) is 15.2 Å². The van der Waals surface area contributed by atoms with E-state index in [1.807, 2.05) is 0 Å². The number of nitrogens with zero attached hydrogens (tertiary/aromatic N) is 3. The zero-order valence-electron chi connectivity index (χ0n) is 5.61. The van der Waals surface area contributed by atoms with E-state index in [-0.39, 0.29) is 11.9 Å². The van der Waals surface area contributed by atoms with Crippen LogP contribution in [0.1, 0.15) is 5.56 Å². The SMILES string of the molecule is OCN=Cc1ccnnc1Cl. The van der Waals surface area contributed by atoms with E-state index in [0.717, 1.165) is 0 Å². The lowest BCUT2D eigenvalue weighted by Gasteiger charge is -1.91. The quantitative estimate of drug-likeness (QED) is 0.660. The molecule has 0 bridgehead atoms. The lowest BCUT2D eigenvalue weighted by Crippen LogP contribution is -1.89. The first-order valence-electron chi connectivity index (χ1n) is 2.92. The number of aliphatic hydroxyl groups excluding tert-OH is 1. The summed E-state index contributed by atoms with van der Waals surface area (Å²) in [7, 11) is 0. The predicted octanol–water partition coefficient (Wildman–Crippen LogP) is 0.499. The molecule has 58 valence electrons. The van der Waals surface area contributed by atoms with Crippen LogP contribution in [0, 0.1) is 0 Å². The van der Waals surface area contributed by atoms with Gasteiger partial charge in [0.2, 0.25) is 0 Å². The molecule has 1 rings (SSSR count). The fourth-order valence-electron chi connectivity index (χ4n) is 0.560. The van der Waals surface area contributed by atoms with E-state index in [9.17, 15) is 0 Å². The molecule has 0 spiro atoms. The first-order chi connectivity index (χ1) is 5.34. The van der Waals surface area contributed by atoms with Crippen molar-refractivity contribution in [2.75, 3.05) is 6.73 Å². The van der Waals surface area contributed by atoms with E-state index < -0.39 is 0 Å². The molecule has 1 heterocycles. The highest BCUT2D eigenvalue weighted by molar-refractivity contribution is 6.31. The normalized spacial score (nSPS) is 10.7. The summed E-state index contributed by atoms with van der Waals surface area (Å²) in [5.74, 6) is 0. The molecule has 0 amide bonds. The van der Waals surface area contributed by atoms with Gasteiger partial charge in [-0.05, 0) is 6.07 Å². The molecule has 0 saturated heterocycles. The molecule has 11 heavy (non-hydrogen) atoms. The van der Waals surface area contributed by atoms with Gasteiger partial charge in [0.05, 0.1) is 6.20 Å². The highest BCUT2D eigenvalue weighted by atomic mass is 35.5. The Balaban J connectivity index is 2.86. The number of rotatable bonds is 2. The van der Waals surface area contributed by atoms with E-state index in [1.165, 1.54) is 12.4 Å². The van der Waals surface area contributed by atoms with Gasteiger partial charge in [0.15, 0.2) is 5.15 Å². The molecular formula is C6H6ClN3O. The minimum absolute atomic E-state index is 0.251. The first kappa shape index (κ1) is 8.10. The Morgan fingerprint density at radius 3 is 3.18 bits per heavy atom. The third-order valence-corrected chi connectivity index (χ3v) is 1.31. The van der Waals surface area contributed by atoms with Crippen LogP contribution in [-0.2, 0) is 0 Å². The van der Waals surface area contributed by atoms with E-state index in [0.29, 0.717) is 5.56 Å². The zero-order chi connectivity index (χ0) is 8.10. The monoisotopic (exact) mass is 171 g/mol. The number of aliphatic hydroxyl groups is 1. The molecule has 0 aromatic carbocycles. The van der Waals surface area contributed by atoms with Crippen molar-refractivity contribution in [2.24, 2.45) is 4.99 Å². The van der Waals surface area contributed by atoms with Gasteiger partial charge >= 0.3 is 0 Å². The lowest BCUT2D eigenvalue weighted by molar-refractivity contribution is 0.310. The standard InChI is InChI=1S/C6H6ClN3O/c7-6-5(3-8-4-11)1-2-9-10-6/h1-3,11H,4H2. The van der Waals surface area contributed by atoms with Gasteiger partial charge < -0.3 is 5.11 Å². The highest BCUT2D eigenvalue weighted by Crippen LogP contribution is 2.06. The van der Waals surface area contributed by atoms with Crippen LogP contribution in [0.25, 0.3) is 0 Å². The average Bonchev–Trinajstić information content (AvgIpc) is 2.03. The van der Waals surface area contributed by atoms with Crippen molar-refractivity contribution in [3.05, 3.63) is 23.0 Å². The van der Waals surface area contributed by atoms with Gasteiger partial charge in [-0.25, -0.2) is 0 Å². The average molecular weight is 172 g/mol. The van der Waals surface area contributed by atoms with Crippen molar-refractivity contribution in [3.63, 3.8) is 0 Å².